The molecule has 1 aliphatic rings. The van der Waals surface area contributed by atoms with Gasteiger partial charge >= 0.3 is 10.1 Å². The molecule has 1 aliphatic heterocycles. The number of carbonyl (C=O) groups is 2. The quantitative estimate of drug-likeness (QED) is 0.376. The lowest BCUT2D eigenvalue weighted by Gasteiger charge is -2.09. The van der Waals surface area contributed by atoms with Crippen molar-refractivity contribution >= 4 is 39.1 Å². The lowest BCUT2D eigenvalue weighted by atomic mass is 10.1. The lowest BCUT2D eigenvalue weighted by Crippen LogP contribution is -2.17. The van der Waals surface area contributed by atoms with Crippen LogP contribution in [0, 0.1) is 0 Å². The SMILES string of the molecule is O=C1NC(=O)/C(=C/c2ccc(OCCc3ccc(OS(=O)(=O)c4ccccc4)cc3)cc2)S1. The van der Waals surface area contributed by atoms with E-state index < -0.39 is 10.1 Å². The summed E-state index contributed by atoms with van der Waals surface area (Å²) in [7, 11) is -3.87. The number of hydrogen-bond donors (Lipinski definition) is 1. The molecule has 9 heteroatoms. The molecule has 1 saturated heterocycles. The van der Waals surface area contributed by atoms with Crippen LogP contribution in [0.1, 0.15) is 11.1 Å². The molecule has 2 amide bonds. The summed E-state index contributed by atoms with van der Waals surface area (Å²) in [6.45, 7) is 0.426. The standard InChI is InChI=1S/C24H19NO6S2/c26-23-22(32-24(27)25-23)16-18-8-10-19(11-9-18)30-15-14-17-6-12-20(13-7-17)31-33(28,29)21-4-2-1-3-5-21/h1-13,16H,14-15H2,(H,25,26,27)/b22-16-. The van der Waals surface area contributed by atoms with Gasteiger partial charge in [-0.1, -0.05) is 42.5 Å². The molecule has 0 bridgehead atoms. The molecule has 1 N–H and O–H groups in total. The summed E-state index contributed by atoms with van der Waals surface area (Å²) in [5, 5.41) is 1.85. The fourth-order valence-corrected chi connectivity index (χ4v) is 4.63. The fourth-order valence-electron chi connectivity index (χ4n) is 2.99. The van der Waals surface area contributed by atoms with E-state index in [4.69, 9.17) is 8.92 Å². The Balaban J connectivity index is 1.28. The maximum atomic E-state index is 12.3. The third kappa shape index (κ3) is 6.03. The molecule has 0 atom stereocenters. The van der Waals surface area contributed by atoms with Crippen molar-refractivity contribution in [2.45, 2.75) is 11.3 Å². The van der Waals surface area contributed by atoms with Gasteiger partial charge in [0.15, 0.2) is 0 Å². The zero-order valence-corrected chi connectivity index (χ0v) is 18.9. The maximum Gasteiger partial charge on any atom is 0.339 e. The van der Waals surface area contributed by atoms with Gasteiger partial charge in [-0.3, -0.25) is 14.9 Å². The molecule has 7 nitrogen and oxygen atoms in total. The minimum atomic E-state index is -3.87. The third-order valence-corrected chi connectivity index (χ3v) is 6.71. The van der Waals surface area contributed by atoms with Crippen molar-refractivity contribution < 1.29 is 26.9 Å². The molecular weight excluding hydrogens is 462 g/mol. The predicted octanol–water partition coefficient (Wildman–Crippen LogP) is 4.40. The van der Waals surface area contributed by atoms with Gasteiger partial charge in [-0.2, -0.15) is 8.42 Å². The van der Waals surface area contributed by atoms with Crippen molar-refractivity contribution in [3.05, 3.63) is 94.9 Å². The van der Waals surface area contributed by atoms with Gasteiger partial charge in [-0.25, -0.2) is 0 Å². The second kappa shape index (κ2) is 9.93. The monoisotopic (exact) mass is 481 g/mol. The van der Waals surface area contributed by atoms with Gasteiger partial charge in [-0.05, 0) is 65.4 Å². The van der Waals surface area contributed by atoms with Crippen LogP contribution >= 0.6 is 11.8 Å². The van der Waals surface area contributed by atoms with Crippen LogP contribution in [0.2, 0.25) is 0 Å². The Labute approximate surface area is 195 Å². The summed E-state index contributed by atoms with van der Waals surface area (Å²) in [5.41, 5.74) is 1.76. The Morgan fingerprint density at radius 1 is 0.848 bits per heavy atom. The second-order valence-corrected chi connectivity index (χ2v) is 9.58. The summed E-state index contributed by atoms with van der Waals surface area (Å²) in [4.78, 5) is 23.3. The Morgan fingerprint density at radius 3 is 2.15 bits per heavy atom. The van der Waals surface area contributed by atoms with E-state index in [-0.39, 0.29) is 21.8 Å². The molecule has 0 saturated carbocycles. The van der Waals surface area contributed by atoms with Crippen molar-refractivity contribution in [1.82, 2.24) is 5.32 Å². The van der Waals surface area contributed by atoms with Gasteiger partial charge in [0.05, 0.1) is 11.5 Å². The van der Waals surface area contributed by atoms with Crippen LogP contribution in [0.4, 0.5) is 4.79 Å². The first kappa shape index (κ1) is 22.6. The molecule has 1 heterocycles. The highest BCUT2D eigenvalue weighted by atomic mass is 32.2. The molecule has 168 valence electrons. The maximum absolute atomic E-state index is 12.3. The van der Waals surface area contributed by atoms with E-state index in [1.54, 1.807) is 72.8 Å². The summed E-state index contributed by atoms with van der Waals surface area (Å²) in [6, 6.07) is 22.0. The zero-order valence-electron chi connectivity index (χ0n) is 17.3. The molecule has 0 aliphatic carbocycles. The summed E-state index contributed by atoms with van der Waals surface area (Å²) in [5.74, 6) is 0.522. The molecule has 3 aromatic rings. The van der Waals surface area contributed by atoms with Crippen LogP contribution in [0.3, 0.4) is 0 Å². The average molecular weight is 482 g/mol. The first-order chi connectivity index (χ1) is 15.9. The first-order valence-electron chi connectivity index (χ1n) is 9.95. The minimum Gasteiger partial charge on any atom is -0.493 e. The average Bonchev–Trinajstić information content (AvgIpc) is 3.13. The van der Waals surface area contributed by atoms with E-state index in [0.29, 0.717) is 23.7 Å². The van der Waals surface area contributed by atoms with Gasteiger partial charge in [0.25, 0.3) is 11.1 Å². The Kier molecular flexibility index (Phi) is 6.81. The van der Waals surface area contributed by atoms with Crippen LogP contribution in [0.5, 0.6) is 11.5 Å². The van der Waals surface area contributed by atoms with Gasteiger partial charge in [0.1, 0.15) is 16.4 Å². The van der Waals surface area contributed by atoms with E-state index in [9.17, 15) is 18.0 Å². The number of thioether (sulfide) groups is 1. The fraction of sp³-hybridized carbons (Fsp3) is 0.0833. The number of amides is 2. The number of rotatable bonds is 8. The van der Waals surface area contributed by atoms with Crippen LogP contribution in [-0.4, -0.2) is 26.2 Å². The second-order valence-electron chi connectivity index (χ2n) is 7.01. The van der Waals surface area contributed by atoms with E-state index >= 15 is 0 Å². The number of carbonyl (C=O) groups excluding carboxylic acids is 2. The molecule has 0 aromatic heterocycles. The summed E-state index contributed by atoms with van der Waals surface area (Å²) < 4.78 is 35.5. The first-order valence-corrected chi connectivity index (χ1v) is 12.2. The largest absolute Gasteiger partial charge is 0.493 e. The van der Waals surface area contributed by atoms with Crippen LogP contribution in [0.25, 0.3) is 6.08 Å². The Morgan fingerprint density at radius 2 is 1.52 bits per heavy atom. The van der Waals surface area contributed by atoms with E-state index in [0.717, 1.165) is 22.9 Å². The molecular formula is C24H19NO6S2. The van der Waals surface area contributed by atoms with Gasteiger partial charge in [0.2, 0.25) is 0 Å². The number of benzene rings is 3. The van der Waals surface area contributed by atoms with Crippen molar-refractivity contribution in [2.24, 2.45) is 0 Å². The molecule has 3 aromatic carbocycles. The molecule has 0 spiro atoms. The van der Waals surface area contributed by atoms with Crippen LogP contribution < -0.4 is 14.2 Å². The topological polar surface area (TPSA) is 98.8 Å². The predicted molar refractivity (Wildman–Crippen MR) is 125 cm³/mol. The highest BCUT2D eigenvalue weighted by molar-refractivity contribution is 8.18. The molecule has 0 unspecified atom stereocenters. The highest BCUT2D eigenvalue weighted by Gasteiger charge is 2.24. The number of nitrogens with one attached hydrogen (secondary N) is 1. The van der Waals surface area contributed by atoms with Crippen molar-refractivity contribution in [3.63, 3.8) is 0 Å². The summed E-state index contributed by atoms with van der Waals surface area (Å²) >= 11 is 0.875. The smallest absolute Gasteiger partial charge is 0.339 e. The molecule has 0 radical (unpaired) electrons. The van der Waals surface area contributed by atoms with Crippen molar-refractivity contribution in [2.75, 3.05) is 6.61 Å². The number of imide groups is 1. The Bertz CT molecular complexity index is 1290. The van der Waals surface area contributed by atoms with E-state index in [1.807, 2.05) is 0 Å². The van der Waals surface area contributed by atoms with Gasteiger partial charge in [0, 0.05) is 6.42 Å². The van der Waals surface area contributed by atoms with Crippen molar-refractivity contribution in [3.8, 4) is 11.5 Å². The molecule has 33 heavy (non-hydrogen) atoms. The van der Waals surface area contributed by atoms with E-state index in [1.165, 1.54) is 12.1 Å². The van der Waals surface area contributed by atoms with Crippen LogP contribution in [-0.2, 0) is 21.3 Å². The number of ether oxygens (including phenoxy) is 1. The Hall–Kier alpha value is -3.56. The highest BCUT2D eigenvalue weighted by Crippen LogP contribution is 2.26. The minimum absolute atomic E-state index is 0.100. The van der Waals surface area contributed by atoms with Crippen molar-refractivity contribution in [1.29, 1.82) is 0 Å². The summed E-state index contributed by atoms with van der Waals surface area (Å²) in [6.07, 6.45) is 2.27. The lowest BCUT2D eigenvalue weighted by molar-refractivity contribution is -0.115. The van der Waals surface area contributed by atoms with Gasteiger partial charge < -0.3 is 8.92 Å². The zero-order chi connectivity index (χ0) is 23.3. The van der Waals surface area contributed by atoms with Crippen LogP contribution in [0.15, 0.2) is 88.7 Å². The molecule has 4 rings (SSSR count). The third-order valence-electron chi connectivity index (χ3n) is 4.64. The van der Waals surface area contributed by atoms with E-state index in [2.05, 4.69) is 5.32 Å². The molecule has 1 fully saturated rings. The normalized spacial score (nSPS) is 14.8. The number of hydrogen-bond acceptors (Lipinski definition) is 7. The van der Waals surface area contributed by atoms with Gasteiger partial charge in [-0.15, -0.1) is 0 Å².